The number of benzene rings is 2. The Balaban J connectivity index is 1.17. The lowest BCUT2D eigenvalue weighted by Crippen LogP contribution is -2.47. The lowest BCUT2D eigenvalue weighted by Gasteiger charge is -2.22. The first-order valence-corrected chi connectivity index (χ1v) is 19.4. The molecule has 2 aliphatic heterocycles. The Bertz CT molecular complexity index is 2040. The Kier molecular flexibility index (Phi) is 15.0. The minimum atomic E-state index is -0.845. The summed E-state index contributed by atoms with van der Waals surface area (Å²) in [6, 6.07) is 15.3. The third-order valence-corrected chi connectivity index (χ3v) is 9.45. The fraction of sp³-hybridized carbons (Fsp3) is 0.349. The zero-order valence-electron chi connectivity index (χ0n) is 32.5. The van der Waals surface area contributed by atoms with Gasteiger partial charge in [-0.25, -0.2) is 4.99 Å². The van der Waals surface area contributed by atoms with E-state index in [4.69, 9.17) is 5.73 Å². The first kappa shape index (κ1) is 41.7. The summed E-state index contributed by atoms with van der Waals surface area (Å²) < 4.78 is 0. The number of carbonyl (C=O) groups is 6. The number of carbonyl (C=O) groups excluding carboxylic acids is 6. The molecule has 0 spiro atoms. The van der Waals surface area contributed by atoms with E-state index >= 15 is 0 Å². The number of nitrogens with two attached hydrogens (primary N) is 1. The summed E-state index contributed by atoms with van der Waals surface area (Å²) in [5, 5.41) is 8.61. The number of anilines is 1. The van der Waals surface area contributed by atoms with Gasteiger partial charge in [0.1, 0.15) is 11.9 Å². The second kappa shape index (κ2) is 20.5. The van der Waals surface area contributed by atoms with Crippen LogP contribution >= 0.6 is 0 Å². The summed E-state index contributed by atoms with van der Waals surface area (Å²) in [6.45, 7) is 5.76. The van der Waals surface area contributed by atoms with E-state index < -0.39 is 11.9 Å². The number of nitrogens with one attached hydrogen (secondary N) is 3. The molecule has 14 heteroatoms. The molecule has 57 heavy (non-hydrogen) atoms. The van der Waals surface area contributed by atoms with Gasteiger partial charge in [0.25, 0.3) is 17.7 Å². The molecule has 0 radical (unpaired) electrons. The molecule has 5 rings (SSSR count). The van der Waals surface area contributed by atoms with E-state index in [1.165, 1.54) is 23.2 Å². The molecule has 5 N–H and O–H groups in total. The number of hydrogen-bond donors (Lipinski definition) is 4. The number of unbranched alkanes of at least 4 members (excludes halogenated alkanes) is 2. The number of imide groups is 1. The van der Waals surface area contributed by atoms with E-state index in [0.717, 1.165) is 18.4 Å². The molecule has 1 aromatic heterocycles. The molecule has 6 amide bonds. The number of aliphatic imine (C=N–C) groups is 1. The van der Waals surface area contributed by atoms with E-state index in [-0.39, 0.29) is 61.2 Å². The summed E-state index contributed by atoms with van der Waals surface area (Å²) in [7, 11) is 0. The highest BCUT2D eigenvalue weighted by Gasteiger charge is 2.24. The Hall–Kier alpha value is -6.44. The molecule has 0 bridgehead atoms. The van der Waals surface area contributed by atoms with Gasteiger partial charge in [-0.05, 0) is 61.1 Å². The van der Waals surface area contributed by atoms with Crippen LogP contribution in [0.4, 0.5) is 11.4 Å². The zero-order chi connectivity index (χ0) is 40.7. The average Bonchev–Trinajstić information content (AvgIpc) is 3.41. The topological polar surface area (TPSA) is 196 Å². The molecule has 1 atom stereocenters. The van der Waals surface area contributed by atoms with Crippen molar-refractivity contribution >= 4 is 58.7 Å². The predicted octanol–water partition coefficient (Wildman–Crippen LogP) is 4.59. The van der Waals surface area contributed by atoms with Crippen molar-refractivity contribution in [2.75, 3.05) is 25.0 Å². The molecule has 0 saturated carbocycles. The summed E-state index contributed by atoms with van der Waals surface area (Å²) in [5.74, 6) is -1.51. The molecule has 2 aromatic carbocycles. The highest BCUT2D eigenvalue weighted by Crippen LogP contribution is 2.29. The fourth-order valence-electron chi connectivity index (χ4n) is 6.60. The fourth-order valence-corrected chi connectivity index (χ4v) is 6.60. The average molecular weight is 775 g/mol. The third kappa shape index (κ3) is 12.0. The predicted molar refractivity (Wildman–Crippen MR) is 218 cm³/mol. The molecule has 0 saturated heterocycles. The Morgan fingerprint density at radius 2 is 1.63 bits per heavy atom. The second-order valence-electron chi connectivity index (χ2n) is 14.1. The van der Waals surface area contributed by atoms with Gasteiger partial charge in [-0.2, -0.15) is 0 Å². The molecule has 3 heterocycles. The van der Waals surface area contributed by atoms with Gasteiger partial charge in [-0.1, -0.05) is 56.7 Å². The molecule has 2 aliphatic rings. The summed E-state index contributed by atoms with van der Waals surface area (Å²) in [4.78, 5) is 88.4. The van der Waals surface area contributed by atoms with E-state index in [0.29, 0.717) is 72.5 Å². The first-order valence-electron chi connectivity index (χ1n) is 19.4. The number of rotatable bonds is 19. The Morgan fingerprint density at radius 3 is 2.35 bits per heavy atom. The zero-order valence-corrected chi connectivity index (χ0v) is 32.5. The molecule has 3 aromatic rings. The molecule has 0 fully saturated rings. The second-order valence-corrected chi connectivity index (χ2v) is 14.1. The van der Waals surface area contributed by atoms with Crippen molar-refractivity contribution < 1.29 is 28.8 Å². The number of amides is 6. The third-order valence-electron chi connectivity index (χ3n) is 9.45. The van der Waals surface area contributed by atoms with Crippen LogP contribution in [-0.4, -0.2) is 81.7 Å². The lowest BCUT2D eigenvalue weighted by molar-refractivity contribution is -0.137. The number of fused-ring (bicyclic) bond motifs is 1. The van der Waals surface area contributed by atoms with E-state index in [1.807, 2.05) is 49.1 Å². The van der Waals surface area contributed by atoms with E-state index in [1.54, 1.807) is 36.5 Å². The molecule has 0 aliphatic carbocycles. The highest BCUT2D eigenvalue weighted by atomic mass is 16.2. The van der Waals surface area contributed by atoms with Crippen LogP contribution in [0.5, 0.6) is 0 Å². The van der Waals surface area contributed by atoms with Crippen LogP contribution in [0.3, 0.4) is 0 Å². The van der Waals surface area contributed by atoms with Gasteiger partial charge in [0.05, 0.1) is 17.6 Å². The maximum atomic E-state index is 13.5. The van der Waals surface area contributed by atoms with Crippen LogP contribution in [-0.2, 0) is 36.9 Å². The number of amidine groups is 1. The summed E-state index contributed by atoms with van der Waals surface area (Å²) >= 11 is 0. The van der Waals surface area contributed by atoms with E-state index in [2.05, 4.69) is 25.9 Å². The van der Waals surface area contributed by atoms with Crippen LogP contribution in [0.1, 0.15) is 85.8 Å². The van der Waals surface area contributed by atoms with Gasteiger partial charge in [0, 0.05) is 80.5 Å². The molecular formula is C43H50N8O6. The maximum Gasteiger partial charge on any atom is 0.255 e. The van der Waals surface area contributed by atoms with Gasteiger partial charge in [-0.3, -0.25) is 38.7 Å². The van der Waals surface area contributed by atoms with Gasteiger partial charge in [0.2, 0.25) is 17.7 Å². The van der Waals surface area contributed by atoms with Crippen LogP contribution in [0, 0.1) is 0 Å². The number of hydrogen-bond acceptors (Lipinski definition) is 9. The SMILES string of the molecule is CCCN(CCC)C(=O)C1=Cc2ccc(C(=O)Nc3cncc(CNC(=O)C(Cc4ccccc4)NC(=O)CCCCCN4C(=O)C=CC4=O)c3)cc2N=C(N)C1. The van der Waals surface area contributed by atoms with E-state index in [9.17, 15) is 28.8 Å². The van der Waals surface area contributed by atoms with Gasteiger partial charge >= 0.3 is 0 Å². The van der Waals surface area contributed by atoms with Gasteiger partial charge in [0.15, 0.2) is 0 Å². The van der Waals surface area contributed by atoms with Crippen molar-refractivity contribution in [3.05, 3.63) is 107 Å². The molecular weight excluding hydrogens is 725 g/mol. The van der Waals surface area contributed by atoms with Crippen LogP contribution in [0.25, 0.3) is 6.08 Å². The smallest absolute Gasteiger partial charge is 0.255 e. The summed E-state index contributed by atoms with van der Waals surface area (Å²) in [5.41, 5.74) is 10.2. The lowest BCUT2D eigenvalue weighted by atomic mass is 10.0. The normalized spacial score (nSPS) is 13.9. The maximum absolute atomic E-state index is 13.5. The Morgan fingerprint density at radius 1 is 0.895 bits per heavy atom. The standard InChI is InChI=1S/C43H50N8O6/c1-3-18-50(19-4-2)43(57)33-23-31-14-15-32(24-35(31)48-37(44)25-33)41(55)47-34-21-30(26-45-28-34)27-46-42(56)36(22-29-11-7-5-8-12-29)49-38(52)13-9-6-10-20-51-39(53)16-17-40(51)54/h5,7-8,11-12,14-17,21,23-24,26,28,36H,3-4,6,9-10,13,18-20,22,25,27H2,1-2H3,(H2,44,48)(H,46,56)(H,47,55)(H,49,52). The van der Waals surface area contributed by atoms with Crippen molar-refractivity contribution in [3.63, 3.8) is 0 Å². The number of aromatic nitrogens is 1. The highest BCUT2D eigenvalue weighted by molar-refractivity contribution is 6.13. The first-order chi connectivity index (χ1) is 27.5. The van der Waals surface area contributed by atoms with Crippen molar-refractivity contribution in [3.8, 4) is 0 Å². The Labute approximate surface area is 332 Å². The van der Waals surface area contributed by atoms with Crippen LogP contribution in [0.2, 0.25) is 0 Å². The monoisotopic (exact) mass is 774 g/mol. The molecule has 1 unspecified atom stereocenters. The molecule has 14 nitrogen and oxygen atoms in total. The minimum Gasteiger partial charge on any atom is -0.387 e. The van der Waals surface area contributed by atoms with Crippen molar-refractivity contribution in [2.24, 2.45) is 10.7 Å². The number of pyridine rings is 1. The van der Waals surface area contributed by atoms with Crippen LogP contribution in [0.15, 0.2) is 89.7 Å². The quantitative estimate of drug-likeness (QED) is 0.100. The minimum absolute atomic E-state index is 0.0683. The van der Waals surface area contributed by atoms with Gasteiger partial charge in [-0.15, -0.1) is 0 Å². The van der Waals surface area contributed by atoms with Gasteiger partial charge < -0.3 is 26.6 Å². The number of nitrogens with zero attached hydrogens (tertiary/aromatic N) is 4. The van der Waals surface area contributed by atoms with Crippen molar-refractivity contribution in [1.29, 1.82) is 0 Å². The van der Waals surface area contributed by atoms with Crippen LogP contribution < -0.4 is 21.7 Å². The largest absolute Gasteiger partial charge is 0.387 e. The van der Waals surface area contributed by atoms with Crippen molar-refractivity contribution in [2.45, 2.75) is 77.8 Å². The summed E-state index contributed by atoms with van der Waals surface area (Å²) in [6.07, 6.45) is 11.5. The van der Waals surface area contributed by atoms with Crippen molar-refractivity contribution in [1.82, 2.24) is 25.4 Å². The molecule has 298 valence electrons.